The van der Waals surface area contributed by atoms with Crippen molar-refractivity contribution in [3.8, 4) is 0 Å². The van der Waals surface area contributed by atoms with Crippen LogP contribution < -0.4 is 5.32 Å². The van der Waals surface area contributed by atoms with Crippen LogP contribution in [0.2, 0.25) is 0 Å². The van der Waals surface area contributed by atoms with Crippen molar-refractivity contribution < 1.29 is 9.90 Å². The highest BCUT2D eigenvalue weighted by molar-refractivity contribution is 5.98. The molecular formula is C13H16N2O2. The molecule has 1 amide bonds. The molecule has 0 aliphatic rings. The minimum Gasteiger partial charge on any atom is -0.392 e. The summed E-state index contributed by atoms with van der Waals surface area (Å²) in [7, 11) is 0. The van der Waals surface area contributed by atoms with Crippen molar-refractivity contribution in [2.75, 3.05) is 6.54 Å². The number of amides is 1. The Balaban J connectivity index is 2.21. The highest BCUT2D eigenvalue weighted by Crippen LogP contribution is 2.16. The number of hydrogen-bond donors (Lipinski definition) is 3. The monoisotopic (exact) mass is 232 g/mol. The first-order valence-electron chi connectivity index (χ1n) is 5.62. The van der Waals surface area contributed by atoms with Crippen molar-refractivity contribution in [3.05, 3.63) is 35.5 Å². The summed E-state index contributed by atoms with van der Waals surface area (Å²) in [5.74, 6) is -0.195. The van der Waals surface area contributed by atoms with Gasteiger partial charge in [-0.15, -0.1) is 0 Å². The van der Waals surface area contributed by atoms with E-state index in [1.807, 2.05) is 31.2 Å². The zero-order valence-electron chi connectivity index (χ0n) is 9.95. The van der Waals surface area contributed by atoms with E-state index in [1.165, 1.54) is 0 Å². The summed E-state index contributed by atoms with van der Waals surface area (Å²) in [5, 5.41) is 12.8. The molecular weight excluding hydrogens is 216 g/mol. The summed E-state index contributed by atoms with van der Waals surface area (Å²) in [4.78, 5) is 14.8. The third-order valence-corrected chi connectivity index (χ3v) is 2.58. The largest absolute Gasteiger partial charge is 0.392 e. The van der Waals surface area contributed by atoms with Crippen molar-refractivity contribution in [2.24, 2.45) is 0 Å². The number of fused-ring (bicyclic) bond motifs is 1. The molecule has 0 saturated heterocycles. The first-order valence-corrected chi connectivity index (χ1v) is 5.62. The van der Waals surface area contributed by atoms with Crippen molar-refractivity contribution in [3.63, 3.8) is 0 Å². The van der Waals surface area contributed by atoms with Gasteiger partial charge in [0, 0.05) is 17.4 Å². The number of aromatic nitrogens is 1. The second-order valence-electron chi connectivity index (χ2n) is 4.33. The standard InChI is InChI=1S/C13H16N2O2/c1-8-3-4-10-6-12(15-11(10)5-8)13(17)14-7-9(2)16/h3-6,9,15-16H,7H2,1-2H3,(H,14,17). The van der Waals surface area contributed by atoms with Crippen LogP contribution in [0, 0.1) is 6.92 Å². The number of aliphatic hydroxyl groups is 1. The van der Waals surface area contributed by atoms with Crippen LogP contribution in [-0.2, 0) is 0 Å². The van der Waals surface area contributed by atoms with Gasteiger partial charge in [-0.2, -0.15) is 0 Å². The maximum atomic E-state index is 11.8. The Morgan fingerprint density at radius 2 is 2.24 bits per heavy atom. The predicted octanol–water partition coefficient (Wildman–Crippen LogP) is 1.59. The van der Waals surface area contributed by atoms with Crippen LogP contribution in [0.4, 0.5) is 0 Å². The fourth-order valence-corrected chi connectivity index (χ4v) is 1.70. The minimum atomic E-state index is -0.537. The smallest absolute Gasteiger partial charge is 0.267 e. The number of aliphatic hydroxyl groups excluding tert-OH is 1. The molecule has 1 atom stereocenters. The fraction of sp³-hybridized carbons (Fsp3) is 0.308. The molecule has 0 fully saturated rings. The van der Waals surface area contributed by atoms with E-state index in [4.69, 9.17) is 5.11 Å². The third-order valence-electron chi connectivity index (χ3n) is 2.58. The Bertz CT molecular complexity index is 543. The molecule has 1 aromatic carbocycles. The SMILES string of the molecule is Cc1ccc2cc(C(=O)NCC(C)O)[nH]c2c1. The van der Waals surface area contributed by atoms with Gasteiger partial charge in [0.25, 0.3) is 5.91 Å². The molecule has 1 aromatic heterocycles. The molecule has 1 unspecified atom stereocenters. The van der Waals surface area contributed by atoms with Gasteiger partial charge in [0.1, 0.15) is 5.69 Å². The van der Waals surface area contributed by atoms with E-state index in [1.54, 1.807) is 6.92 Å². The summed E-state index contributed by atoms with van der Waals surface area (Å²) in [6, 6.07) is 7.80. The number of carbonyl (C=O) groups is 1. The molecule has 1 heterocycles. The van der Waals surface area contributed by atoms with Gasteiger partial charge in [-0.25, -0.2) is 0 Å². The molecule has 0 aliphatic carbocycles. The average molecular weight is 232 g/mol. The molecule has 0 bridgehead atoms. The normalized spacial score (nSPS) is 12.6. The lowest BCUT2D eigenvalue weighted by molar-refractivity contribution is 0.0920. The van der Waals surface area contributed by atoms with Gasteiger partial charge in [-0.3, -0.25) is 4.79 Å². The van der Waals surface area contributed by atoms with Crippen molar-refractivity contribution in [2.45, 2.75) is 20.0 Å². The van der Waals surface area contributed by atoms with Gasteiger partial charge in [0.05, 0.1) is 6.10 Å². The van der Waals surface area contributed by atoms with Crippen molar-refractivity contribution in [1.29, 1.82) is 0 Å². The van der Waals surface area contributed by atoms with E-state index in [0.29, 0.717) is 5.69 Å². The maximum Gasteiger partial charge on any atom is 0.267 e. The molecule has 0 aliphatic heterocycles. The average Bonchev–Trinajstić information content (AvgIpc) is 2.68. The van der Waals surface area contributed by atoms with Crippen LogP contribution in [0.15, 0.2) is 24.3 Å². The van der Waals surface area contributed by atoms with Crippen LogP contribution in [0.25, 0.3) is 10.9 Å². The lowest BCUT2D eigenvalue weighted by Gasteiger charge is -2.05. The van der Waals surface area contributed by atoms with E-state index >= 15 is 0 Å². The molecule has 2 rings (SSSR count). The highest BCUT2D eigenvalue weighted by Gasteiger charge is 2.09. The van der Waals surface area contributed by atoms with Gasteiger partial charge in [0.15, 0.2) is 0 Å². The second kappa shape index (κ2) is 4.59. The Hall–Kier alpha value is -1.81. The minimum absolute atomic E-state index is 0.195. The van der Waals surface area contributed by atoms with Crippen LogP contribution in [0.1, 0.15) is 23.0 Å². The molecule has 17 heavy (non-hydrogen) atoms. The second-order valence-corrected chi connectivity index (χ2v) is 4.33. The maximum absolute atomic E-state index is 11.8. The van der Waals surface area contributed by atoms with Crippen LogP contribution in [0.5, 0.6) is 0 Å². The van der Waals surface area contributed by atoms with Gasteiger partial charge in [-0.1, -0.05) is 12.1 Å². The Kier molecular flexibility index (Phi) is 3.15. The van der Waals surface area contributed by atoms with Gasteiger partial charge in [0.2, 0.25) is 0 Å². The summed E-state index contributed by atoms with van der Waals surface area (Å²) < 4.78 is 0. The molecule has 0 radical (unpaired) electrons. The zero-order valence-corrected chi connectivity index (χ0v) is 9.95. The fourth-order valence-electron chi connectivity index (χ4n) is 1.70. The topological polar surface area (TPSA) is 65.1 Å². The van der Waals surface area contributed by atoms with E-state index in [-0.39, 0.29) is 12.5 Å². The number of hydrogen-bond acceptors (Lipinski definition) is 2. The van der Waals surface area contributed by atoms with E-state index in [9.17, 15) is 4.79 Å². The first-order chi connectivity index (χ1) is 8.06. The molecule has 0 spiro atoms. The molecule has 4 nitrogen and oxygen atoms in total. The Morgan fingerprint density at radius 1 is 1.47 bits per heavy atom. The van der Waals surface area contributed by atoms with Crippen LogP contribution >= 0.6 is 0 Å². The number of H-pyrrole nitrogens is 1. The van der Waals surface area contributed by atoms with Crippen LogP contribution in [0.3, 0.4) is 0 Å². The van der Waals surface area contributed by atoms with Crippen LogP contribution in [-0.4, -0.2) is 28.6 Å². The third kappa shape index (κ3) is 2.65. The van der Waals surface area contributed by atoms with E-state index in [0.717, 1.165) is 16.5 Å². The van der Waals surface area contributed by atoms with Crippen molar-refractivity contribution >= 4 is 16.8 Å². The Labute approximate surface area is 99.7 Å². The number of aromatic amines is 1. The number of rotatable bonds is 3. The number of benzene rings is 1. The molecule has 0 saturated carbocycles. The quantitative estimate of drug-likeness (QED) is 0.752. The summed E-state index contributed by atoms with van der Waals surface area (Å²) in [5.41, 5.74) is 2.62. The van der Waals surface area contributed by atoms with Crippen molar-refractivity contribution in [1.82, 2.24) is 10.3 Å². The summed E-state index contributed by atoms with van der Waals surface area (Å²) in [6.07, 6.45) is -0.537. The molecule has 3 N–H and O–H groups in total. The molecule has 4 heteroatoms. The number of nitrogens with one attached hydrogen (secondary N) is 2. The first kappa shape index (κ1) is 11.7. The number of carbonyl (C=O) groups excluding carboxylic acids is 1. The van der Waals surface area contributed by atoms with Gasteiger partial charge >= 0.3 is 0 Å². The summed E-state index contributed by atoms with van der Waals surface area (Å²) in [6.45, 7) is 3.90. The zero-order chi connectivity index (χ0) is 12.4. The number of aryl methyl sites for hydroxylation is 1. The van der Waals surface area contributed by atoms with E-state index < -0.39 is 6.10 Å². The summed E-state index contributed by atoms with van der Waals surface area (Å²) >= 11 is 0. The molecule has 2 aromatic rings. The Morgan fingerprint density at radius 3 is 2.94 bits per heavy atom. The molecule has 90 valence electrons. The lowest BCUT2D eigenvalue weighted by atomic mass is 10.2. The lowest BCUT2D eigenvalue weighted by Crippen LogP contribution is -2.30. The highest BCUT2D eigenvalue weighted by atomic mass is 16.3. The van der Waals surface area contributed by atoms with E-state index in [2.05, 4.69) is 10.3 Å². The van der Waals surface area contributed by atoms with Gasteiger partial charge in [-0.05, 0) is 31.5 Å². The van der Waals surface area contributed by atoms with Gasteiger partial charge < -0.3 is 15.4 Å². The predicted molar refractivity (Wildman–Crippen MR) is 67.0 cm³/mol.